The lowest BCUT2D eigenvalue weighted by Crippen LogP contribution is -2.29. The van der Waals surface area contributed by atoms with Crippen molar-refractivity contribution in [2.75, 3.05) is 20.2 Å². The SMILES string of the molecule is COC(=O)C1CN(C(=O)c2cnc(Oc3ccc4c(c3)CCC(c3ccccc3)O4)s2)CC1C. The highest BCUT2D eigenvalue weighted by Gasteiger charge is 2.38. The van der Waals surface area contributed by atoms with Crippen molar-refractivity contribution in [1.29, 1.82) is 0 Å². The Kier molecular flexibility index (Phi) is 6.24. The summed E-state index contributed by atoms with van der Waals surface area (Å²) in [4.78, 5) is 31.3. The molecule has 3 aromatic rings. The van der Waals surface area contributed by atoms with E-state index >= 15 is 0 Å². The molecule has 5 rings (SSSR count). The van der Waals surface area contributed by atoms with Crippen LogP contribution in [0.1, 0.15) is 40.2 Å². The fraction of sp³-hybridized carbons (Fsp3) is 0.346. The topological polar surface area (TPSA) is 78.0 Å². The van der Waals surface area contributed by atoms with Crippen LogP contribution in [0.25, 0.3) is 0 Å². The highest BCUT2D eigenvalue weighted by atomic mass is 32.1. The van der Waals surface area contributed by atoms with Crippen LogP contribution < -0.4 is 9.47 Å². The van der Waals surface area contributed by atoms with E-state index in [0.717, 1.165) is 24.2 Å². The number of ether oxygens (including phenoxy) is 3. The number of carbonyl (C=O) groups excluding carboxylic acids is 2. The van der Waals surface area contributed by atoms with E-state index in [9.17, 15) is 9.59 Å². The summed E-state index contributed by atoms with van der Waals surface area (Å²) in [6.07, 6.45) is 3.38. The highest BCUT2D eigenvalue weighted by Crippen LogP contribution is 2.38. The summed E-state index contributed by atoms with van der Waals surface area (Å²) in [7, 11) is 1.38. The lowest BCUT2D eigenvalue weighted by molar-refractivity contribution is -0.146. The number of carbonyl (C=O) groups is 2. The van der Waals surface area contributed by atoms with Crippen LogP contribution in [0.2, 0.25) is 0 Å². The highest BCUT2D eigenvalue weighted by molar-refractivity contribution is 7.15. The second kappa shape index (κ2) is 9.46. The number of nitrogens with zero attached hydrogens (tertiary/aromatic N) is 2. The Morgan fingerprint density at radius 3 is 2.76 bits per heavy atom. The summed E-state index contributed by atoms with van der Waals surface area (Å²) < 4.78 is 17.0. The molecule has 176 valence electrons. The van der Waals surface area contributed by atoms with Gasteiger partial charge in [-0.3, -0.25) is 9.59 Å². The van der Waals surface area contributed by atoms with Gasteiger partial charge in [-0.1, -0.05) is 48.6 Å². The number of hydrogen-bond donors (Lipinski definition) is 0. The third-order valence-corrected chi connectivity index (χ3v) is 7.32. The normalized spacial score (nSPS) is 21.5. The van der Waals surface area contributed by atoms with Crippen LogP contribution in [-0.2, 0) is 16.0 Å². The molecular weight excluding hydrogens is 452 g/mol. The van der Waals surface area contributed by atoms with Crippen LogP contribution in [-0.4, -0.2) is 42.0 Å². The average molecular weight is 479 g/mol. The lowest BCUT2D eigenvalue weighted by Gasteiger charge is -2.26. The molecule has 0 bridgehead atoms. The van der Waals surface area contributed by atoms with E-state index in [4.69, 9.17) is 14.2 Å². The van der Waals surface area contributed by atoms with Gasteiger partial charge in [0.2, 0.25) is 0 Å². The van der Waals surface area contributed by atoms with E-state index in [-0.39, 0.29) is 29.8 Å². The molecule has 3 atom stereocenters. The molecule has 0 aliphatic carbocycles. The minimum atomic E-state index is -0.295. The number of rotatable bonds is 5. The van der Waals surface area contributed by atoms with E-state index in [1.165, 1.54) is 30.2 Å². The van der Waals surface area contributed by atoms with Crippen molar-refractivity contribution in [1.82, 2.24) is 9.88 Å². The van der Waals surface area contributed by atoms with Crippen LogP contribution in [0, 0.1) is 11.8 Å². The molecule has 3 heterocycles. The molecule has 2 aliphatic rings. The predicted molar refractivity (Wildman–Crippen MR) is 127 cm³/mol. The quantitative estimate of drug-likeness (QED) is 0.486. The monoisotopic (exact) mass is 478 g/mol. The van der Waals surface area contributed by atoms with Crippen LogP contribution >= 0.6 is 11.3 Å². The van der Waals surface area contributed by atoms with Gasteiger partial charge in [0.05, 0.1) is 19.2 Å². The maximum Gasteiger partial charge on any atom is 0.310 e. The third-order valence-electron chi connectivity index (χ3n) is 6.45. The molecule has 34 heavy (non-hydrogen) atoms. The van der Waals surface area contributed by atoms with E-state index in [0.29, 0.717) is 28.9 Å². The molecule has 0 radical (unpaired) electrons. The van der Waals surface area contributed by atoms with Gasteiger partial charge >= 0.3 is 5.97 Å². The molecule has 7 nitrogen and oxygen atoms in total. The number of likely N-dealkylation sites (tertiary alicyclic amines) is 1. The van der Waals surface area contributed by atoms with Crippen LogP contribution in [0.5, 0.6) is 16.7 Å². The van der Waals surface area contributed by atoms with E-state index in [2.05, 4.69) is 17.1 Å². The maximum atomic E-state index is 12.9. The minimum absolute atomic E-state index is 0.0549. The van der Waals surface area contributed by atoms with Crippen molar-refractivity contribution in [2.45, 2.75) is 25.9 Å². The molecule has 1 saturated heterocycles. The first kappa shape index (κ1) is 22.4. The zero-order chi connectivity index (χ0) is 23.7. The summed E-state index contributed by atoms with van der Waals surface area (Å²) >= 11 is 1.20. The Morgan fingerprint density at radius 2 is 1.97 bits per heavy atom. The van der Waals surface area contributed by atoms with Gasteiger partial charge in [-0.25, -0.2) is 4.98 Å². The van der Waals surface area contributed by atoms with Gasteiger partial charge in [-0.05, 0) is 48.1 Å². The number of aryl methyl sites for hydroxylation is 1. The molecule has 0 spiro atoms. The first-order valence-electron chi connectivity index (χ1n) is 11.4. The largest absolute Gasteiger partial charge is 0.485 e. The molecule has 2 aliphatic heterocycles. The van der Waals surface area contributed by atoms with Crippen LogP contribution in [0.3, 0.4) is 0 Å². The molecule has 8 heteroatoms. The predicted octanol–water partition coefficient (Wildman–Crippen LogP) is 4.88. The fourth-order valence-electron chi connectivity index (χ4n) is 4.58. The lowest BCUT2D eigenvalue weighted by atomic mass is 9.97. The average Bonchev–Trinajstić information content (AvgIpc) is 3.50. The molecule has 0 saturated carbocycles. The Balaban J connectivity index is 1.23. The van der Waals surface area contributed by atoms with Crippen LogP contribution in [0.4, 0.5) is 0 Å². The number of esters is 1. The van der Waals surface area contributed by atoms with E-state index in [1.807, 2.05) is 43.3 Å². The van der Waals surface area contributed by atoms with Gasteiger partial charge in [0.1, 0.15) is 22.5 Å². The second-order valence-electron chi connectivity index (χ2n) is 8.73. The van der Waals surface area contributed by atoms with Gasteiger partial charge in [-0.15, -0.1) is 0 Å². The first-order chi connectivity index (χ1) is 16.5. The fourth-order valence-corrected chi connectivity index (χ4v) is 5.34. The summed E-state index contributed by atoms with van der Waals surface area (Å²) in [5, 5.41) is 0.402. The van der Waals surface area contributed by atoms with Crippen molar-refractivity contribution in [3.63, 3.8) is 0 Å². The van der Waals surface area contributed by atoms with Crippen molar-refractivity contribution in [3.05, 3.63) is 70.7 Å². The summed E-state index contributed by atoms with van der Waals surface area (Å²) in [6.45, 7) is 2.83. The Labute approximate surface area is 202 Å². The van der Waals surface area contributed by atoms with Crippen molar-refractivity contribution in [3.8, 4) is 16.7 Å². The number of aromatic nitrogens is 1. The Hall–Kier alpha value is -3.39. The van der Waals surface area contributed by atoms with Gasteiger partial charge in [0.25, 0.3) is 11.1 Å². The summed E-state index contributed by atoms with van der Waals surface area (Å²) in [5.41, 5.74) is 2.27. The third kappa shape index (κ3) is 4.50. The minimum Gasteiger partial charge on any atom is -0.485 e. The summed E-state index contributed by atoms with van der Waals surface area (Å²) in [5.74, 6) is 0.871. The maximum absolute atomic E-state index is 12.9. The number of methoxy groups -OCH3 is 1. The number of hydrogen-bond acceptors (Lipinski definition) is 7. The number of fused-ring (bicyclic) bond motifs is 1. The zero-order valence-corrected chi connectivity index (χ0v) is 19.9. The first-order valence-corrected chi connectivity index (χ1v) is 12.2. The van der Waals surface area contributed by atoms with Gasteiger partial charge in [0.15, 0.2) is 0 Å². The van der Waals surface area contributed by atoms with Crippen molar-refractivity contribution >= 4 is 23.2 Å². The second-order valence-corrected chi connectivity index (χ2v) is 9.73. The standard InChI is InChI=1S/C26H26N2O5S/c1-16-14-28(15-20(16)25(30)31-2)24(29)23-13-27-26(34-23)32-19-9-11-22-18(12-19)8-10-21(33-22)17-6-4-3-5-7-17/h3-7,9,11-13,16,20-21H,8,10,14-15H2,1-2H3. The molecule has 0 N–H and O–H groups in total. The van der Waals surface area contributed by atoms with Crippen molar-refractivity contribution in [2.24, 2.45) is 11.8 Å². The molecule has 1 fully saturated rings. The molecule has 2 aromatic carbocycles. The molecule has 1 amide bonds. The summed E-state index contributed by atoms with van der Waals surface area (Å²) in [6, 6.07) is 16.0. The number of amides is 1. The van der Waals surface area contributed by atoms with Gasteiger partial charge in [-0.2, -0.15) is 0 Å². The van der Waals surface area contributed by atoms with Crippen LogP contribution in [0.15, 0.2) is 54.7 Å². The van der Waals surface area contributed by atoms with Crippen molar-refractivity contribution < 1.29 is 23.8 Å². The Bertz CT molecular complexity index is 1190. The molecule has 1 aromatic heterocycles. The molecule has 3 unspecified atom stereocenters. The smallest absolute Gasteiger partial charge is 0.310 e. The molecular formula is C26H26N2O5S. The van der Waals surface area contributed by atoms with E-state index in [1.54, 1.807) is 4.90 Å². The van der Waals surface area contributed by atoms with Gasteiger partial charge < -0.3 is 19.1 Å². The van der Waals surface area contributed by atoms with E-state index < -0.39 is 0 Å². The number of thiazole rings is 1. The zero-order valence-electron chi connectivity index (χ0n) is 19.1. The number of benzene rings is 2. The van der Waals surface area contributed by atoms with Gasteiger partial charge in [0, 0.05) is 13.1 Å². The Morgan fingerprint density at radius 1 is 1.15 bits per heavy atom.